The number of methoxy groups -OCH3 is 1. The molecule has 1 aliphatic rings. The highest BCUT2D eigenvalue weighted by molar-refractivity contribution is 5.31. The fourth-order valence-corrected chi connectivity index (χ4v) is 2.98. The molecule has 0 heterocycles. The molecule has 0 bridgehead atoms. The van der Waals surface area contributed by atoms with Crippen molar-refractivity contribution >= 4 is 0 Å². The molecule has 0 saturated heterocycles. The van der Waals surface area contributed by atoms with Gasteiger partial charge in [0.05, 0.1) is 7.11 Å². The molecule has 3 atom stereocenters. The fraction of sp³-hybridized carbons (Fsp3) is 0.368. The quantitative estimate of drug-likeness (QED) is 0.859. The molecule has 116 valence electrons. The van der Waals surface area contributed by atoms with Crippen LogP contribution in [0.1, 0.15) is 36.4 Å². The molecular formula is C19H22FNO. The first-order chi connectivity index (χ1) is 10.7. The lowest BCUT2D eigenvalue weighted by atomic mass is 10.1. The molecule has 2 aromatic rings. The van der Waals surface area contributed by atoms with Crippen LogP contribution in [0.4, 0.5) is 4.39 Å². The lowest BCUT2D eigenvalue weighted by Gasteiger charge is -2.15. The van der Waals surface area contributed by atoms with Crippen LogP contribution in [-0.4, -0.2) is 13.7 Å². The van der Waals surface area contributed by atoms with E-state index in [1.807, 2.05) is 6.07 Å². The van der Waals surface area contributed by atoms with Gasteiger partial charge in [0.25, 0.3) is 0 Å². The number of nitrogens with one attached hydrogen (secondary N) is 1. The Kier molecular flexibility index (Phi) is 4.44. The largest absolute Gasteiger partial charge is 0.494 e. The number of ether oxygens (including phenoxy) is 1. The van der Waals surface area contributed by atoms with E-state index in [1.54, 1.807) is 12.1 Å². The summed E-state index contributed by atoms with van der Waals surface area (Å²) in [5, 5.41) is 3.52. The molecule has 1 saturated carbocycles. The van der Waals surface area contributed by atoms with E-state index in [1.165, 1.54) is 19.1 Å². The molecule has 2 aromatic carbocycles. The summed E-state index contributed by atoms with van der Waals surface area (Å²) in [6.45, 7) is 3.04. The van der Waals surface area contributed by atoms with Crippen molar-refractivity contribution in [1.29, 1.82) is 0 Å². The number of halogens is 1. The smallest absolute Gasteiger partial charge is 0.165 e. The highest BCUT2D eigenvalue weighted by Gasteiger charge is 2.37. The summed E-state index contributed by atoms with van der Waals surface area (Å²) in [6.07, 6.45) is 1.24. The average Bonchev–Trinajstić information content (AvgIpc) is 3.33. The standard InChI is InChI=1S/C19H22FNO/c1-13(15-8-9-19(22-2)18(20)11-15)21-12-16-10-17(16)14-6-4-3-5-7-14/h3-9,11,13,16-17,21H,10,12H2,1-2H3/t13-,16+,17+/m0/s1. The Labute approximate surface area is 131 Å². The Bertz CT molecular complexity index is 629. The van der Waals surface area contributed by atoms with Crippen molar-refractivity contribution < 1.29 is 9.13 Å². The molecule has 0 aliphatic heterocycles. The van der Waals surface area contributed by atoms with E-state index in [2.05, 4.69) is 42.6 Å². The second-order valence-electron chi connectivity index (χ2n) is 6.04. The second kappa shape index (κ2) is 6.49. The van der Waals surface area contributed by atoms with Crippen molar-refractivity contribution in [3.63, 3.8) is 0 Å². The van der Waals surface area contributed by atoms with E-state index < -0.39 is 0 Å². The average molecular weight is 299 g/mol. The molecule has 0 unspecified atom stereocenters. The normalized spacial score (nSPS) is 21.4. The van der Waals surface area contributed by atoms with Gasteiger partial charge >= 0.3 is 0 Å². The molecule has 2 nitrogen and oxygen atoms in total. The number of rotatable bonds is 6. The van der Waals surface area contributed by atoms with Gasteiger partial charge in [0, 0.05) is 6.04 Å². The summed E-state index contributed by atoms with van der Waals surface area (Å²) in [4.78, 5) is 0. The maximum atomic E-state index is 13.8. The first-order valence-electron chi connectivity index (χ1n) is 7.81. The van der Waals surface area contributed by atoms with E-state index in [4.69, 9.17) is 4.74 Å². The second-order valence-corrected chi connectivity index (χ2v) is 6.04. The van der Waals surface area contributed by atoms with E-state index in [0.717, 1.165) is 12.1 Å². The Hall–Kier alpha value is -1.87. The minimum atomic E-state index is -0.303. The zero-order chi connectivity index (χ0) is 15.5. The summed E-state index contributed by atoms with van der Waals surface area (Å²) in [6, 6.07) is 15.9. The predicted molar refractivity (Wildman–Crippen MR) is 86.7 cm³/mol. The lowest BCUT2D eigenvalue weighted by Crippen LogP contribution is -2.21. The maximum Gasteiger partial charge on any atom is 0.165 e. The molecule has 0 amide bonds. The van der Waals surface area contributed by atoms with Crippen LogP contribution in [0.15, 0.2) is 48.5 Å². The molecule has 1 fully saturated rings. The first-order valence-corrected chi connectivity index (χ1v) is 7.81. The van der Waals surface area contributed by atoms with E-state index in [-0.39, 0.29) is 11.9 Å². The fourth-order valence-electron chi connectivity index (χ4n) is 2.98. The van der Waals surface area contributed by atoms with E-state index >= 15 is 0 Å². The summed E-state index contributed by atoms with van der Waals surface area (Å²) in [7, 11) is 1.48. The van der Waals surface area contributed by atoms with Crippen molar-refractivity contribution in [2.75, 3.05) is 13.7 Å². The van der Waals surface area contributed by atoms with Gasteiger partial charge in [0.1, 0.15) is 0 Å². The van der Waals surface area contributed by atoms with Crippen LogP contribution < -0.4 is 10.1 Å². The Morgan fingerprint density at radius 3 is 2.68 bits per heavy atom. The molecule has 0 spiro atoms. The van der Waals surface area contributed by atoms with Gasteiger partial charge in [-0.05, 0) is 55.0 Å². The van der Waals surface area contributed by atoms with Crippen molar-refractivity contribution in [2.24, 2.45) is 5.92 Å². The zero-order valence-electron chi connectivity index (χ0n) is 13.1. The van der Waals surface area contributed by atoms with Gasteiger partial charge in [-0.2, -0.15) is 0 Å². The van der Waals surface area contributed by atoms with Crippen LogP contribution in [0.5, 0.6) is 5.75 Å². The van der Waals surface area contributed by atoms with E-state index in [9.17, 15) is 4.39 Å². The van der Waals surface area contributed by atoms with E-state index in [0.29, 0.717) is 17.6 Å². The molecule has 0 aromatic heterocycles. The van der Waals surface area contributed by atoms with Gasteiger partial charge in [-0.25, -0.2) is 4.39 Å². The van der Waals surface area contributed by atoms with Crippen LogP contribution in [0.25, 0.3) is 0 Å². The summed E-state index contributed by atoms with van der Waals surface area (Å²) in [5.74, 6) is 1.35. The minimum absolute atomic E-state index is 0.137. The van der Waals surface area contributed by atoms with Gasteiger partial charge in [-0.15, -0.1) is 0 Å². The third kappa shape index (κ3) is 3.30. The maximum absolute atomic E-state index is 13.8. The Balaban J connectivity index is 1.53. The summed E-state index contributed by atoms with van der Waals surface area (Å²) < 4.78 is 18.7. The topological polar surface area (TPSA) is 21.3 Å². The van der Waals surface area contributed by atoms with Crippen molar-refractivity contribution in [2.45, 2.75) is 25.3 Å². The highest BCUT2D eigenvalue weighted by Crippen LogP contribution is 2.47. The van der Waals surface area contributed by atoms with Crippen molar-refractivity contribution in [1.82, 2.24) is 5.32 Å². The molecule has 22 heavy (non-hydrogen) atoms. The van der Waals surface area contributed by atoms with Crippen LogP contribution in [0, 0.1) is 11.7 Å². The van der Waals surface area contributed by atoms with Crippen LogP contribution >= 0.6 is 0 Å². The van der Waals surface area contributed by atoms with Crippen molar-refractivity contribution in [3.8, 4) is 5.75 Å². The van der Waals surface area contributed by atoms with Gasteiger partial charge in [0.15, 0.2) is 11.6 Å². The third-order valence-corrected chi connectivity index (χ3v) is 4.51. The van der Waals surface area contributed by atoms with Crippen LogP contribution in [-0.2, 0) is 0 Å². The van der Waals surface area contributed by atoms with Gasteiger partial charge in [-0.1, -0.05) is 36.4 Å². The van der Waals surface area contributed by atoms with Crippen LogP contribution in [0.2, 0.25) is 0 Å². The molecule has 1 N–H and O–H groups in total. The minimum Gasteiger partial charge on any atom is -0.494 e. The van der Waals surface area contributed by atoms with Crippen molar-refractivity contribution in [3.05, 3.63) is 65.5 Å². The Morgan fingerprint density at radius 1 is 1.23 bits per heavy atom. The van der Waals surface area contributed by atoms with Gasteiger partial charge in [0.2, 0.25) is 0 Å². The summed E-state index contributed by atoms with van der Waals surface area (Å²) in [5.41, 5.74) is 2.38. The number of hydrogen-bond acceptors (Lipinski definition) is 2. The Morgan fingerprint density at radius 2 is 2.00 bits per heavy atom. The summed E-state index contributed by atoms with van der Waals surface area (Å²) >= 11 is 0. The molecule has 0 radical (unpaired) electrons. The predicted octanol–water partition coefficient (Wildman–Crippen LogP) is 4.29. The first kappa shape index (κ1) is 15.0. The number of benzene rings is 2. The monoisotopic (exact) mass is 299 g/mol. The van der Waals surface area contributed by atoms with Gasteiger partial charge < -0.3 is 10.1 Å². The lowest BCUT2D eigenvalue weighted by molar-refractivity contribution is 0.385. The van der Waals surface area contributed by atoms with Crippen LogP contribution in [0.3, 0.4) is 0 Å². The third-order valence-electron chi connectivity index (χ3n) is 4.51. The highest BCUT2D eigenvalue weighted by atomic mass is 19.1. The molecular weight excluding hydrogens is 277 g/mol. The molecule has 3 heteroatoms. The van der Waals surface area contributed by atoms with Gasteiger partial charge in [-0.3, -0.25) is 0 Å². The molecule has 1 aliphatic carbocycles. The SMILES string of the molecule is COc1ccc([C@H](C)NC[C@H]2C[C@@H]2c2ccccc2)cc1F. The molecule has 3 rings (SSSR count). The number of hydrogen-bond donors (Lipinski definition) is 1. The zero-order valence-corrected chi connectivity index (χ0v) is 13.1.